The quantitative estimate of drug-likeness (QED) is 0.546. The second-order valence-electron chi connectivity index (χ2n) is 7.03. The molecule has 2 amide bonds. The minimum atomic E-state index is -1.04. The molecule has 0 saturated carbocycles. The second kappa shape index (κ2) is 11.3. The molecule has 0 radical (unpaired) electrons. The van der Waals surface area contributed by atoms with Gasteiger partial charge in [-0.15, -0.1) is 0 Å². The number of likely N-dealkylation sites (N-methyl/N-ethyl adjacent to an activating group) is 1. The number of nitrogens with one attached hydrogen (secondary N) is 2. The lowest BCUT2D eigenvalue weighted by atomic mass is 9.93. The summed E-state index contributed by atoms with van der Waals surface area (Å²) in [6.07, 6.45) is -0.430. The topological polar surface area (TPSA) is 105 Å². The number of benzene rings is 1. The molecule has 0 heterocycles. The highest BCUT2D eigenvalue weighted by Crippen LogP contribution is 2.17. The molecule has 0 aliphatic rings. The van der Waals surface area contributed by atoms with Crippen molar-refractivity contribution in [1.29, 1.82) is 0 Å². The Bertz CT molecular complexity index is 618. The van der Waals surface area contributed by atoms with Gasteiger partial charge in [0.15, 0.2) is 0 Å². The van der Waals surface area contributed by atoms with Crippen LogP contribution in [0.2, 0.25) is 0 Å². The monoisotopic (exact) mass is 378 g/mol. The van der Waals surface area contributed by atoms with E-state index < -0.39 is 29.9 Å². The molecule has 0 aliphatic carbocycles. The smallest absolute Gasteiger partial charge is 0.304 e. The van der Waals surface area contributed by atoms with Gasteiger partial charge in [0, 0.05) is 13.0 Å². The maximum Gasteiger partial charge on any atom is 0.304 e. The molecule has 0 aromatic heterocycles. The van der Waals surface area contributed by atoms with Gasteiger partial charge in [-0.05, 0) is 24.8 Å². The van der Waals surface area contributed by atoms with Crippen LogP contribution >= 0.6 is 0 Å². The Hall–Kier alpha value is -2.41. The van der Waals surface area contributed by atoms with Crippen LogP contribution in [0.4, 0.5) is 0 Å². The van der Waals surface area contributed by atoms with Gasteiger partial charge in [-0.25, -0.2) is 0 Å². The van der Waals surface area contributed by atoms with Gasteiger partial charge in [0.25, 0.3) is 0 Å². The number of carbonyl (C=O) groups excluding carboxylic acids is 2. The Morgan fingerprint density at radius 2 is 1.70 bits per heavy atom. The summed E-state index contributed by atoms with van der Waals surface area (Å²) < 4.78 is 5.76. The van der Waals surface area contributed by atoms with Crippen molar-refractivity contribution in [3.05, 3.63) is 35.9 Å². The van der Waals surface area contributed by atoms with E-state index in [0.29, 0.717) is 13.0 Å². The number of amides is 2. The van der Waals surface area contributed by atoms with E-state index >= 15 is 0 Å². The van der Waals surface area contributed by atoms with E-state index in [0.717, 1.165) is 5.56 Å². The molecular weight excluding hydrogens is 348 g/mol. The van der Waals surface area contributed by atoms with Gasteiger partial charge in [-0.1, -0.05) is 44.2 Å². The fourth-order valence-electron chi connectivity index (χ4n) is 2.78. The highest BCUT2D eigenvalue weighted by atomic mass is 16.5. The molecule has 0 bridgehead atoms. The minimum Gasteiger partial charge on any atom is -0.481 e. The average molecular weight is 378 g/mol. The van der Waals surface area contributed by atoms with E-state index in [2.05, 4.69) is 10.6 Å². The normalized spacial score (nSPS) is 14.3. The van der Waals surface area contributed by atoms with Crippen molar-refractivity contribution in [2.75, 3.05) is 7.05 Å². The summed E-state index contributed by atoms with van der Waals surface area (Å²) in [7, 11) is 1.48. The summed E-state index contributed by atoms with van der Waals surface area (Å²) in [5.41, 5.74) is 0.954. The number of hydrogen-bond acceptors (Lipinski definition) is 4. The largest absolute Gasteiger partial charge is 0.481 e. The molecule has 3 N–H and O–H groups in total. The van der Waals surface area contributed by atoms with E-state index in [-0.39, 0.29) is 18.2 Å². The molecule has 7 nitrogen and oxygen atoms in total. The van der Waals surface area contributed by atoms with Gasteiger partial charge in [-0.2, -0.15) is 0 Å². The van der Waals surface area contributed by atoms with Gasteiger partial charge in [0.1, 0.15) is 6.04 Å². The fraction of sp³-hybridized carbons (Fsp3) is 0.550. The molecule has 0 fully saturated rings. The Balaban J connectivity index is 2.80. The highest BCUT2D eigenvalue weighted by molar-refractivity contribution is 5.90. The summed E-state index contributed by atoms with van der Waals surface area (Å²) in [6, 6.07) is 8.60. The predicted octanol–water partition coefficient (Wildman–Crippen LogP) is 1.96. The average Bonchev–Trinajstić information content (AvgIpc) is 2.62. The molecule has 1 rings (SSSR count). The van der Waals surface area contributed by atoms with E-state index in [4.69, 9.17) is 9.84 Å². The van der Waals surface area contributed by atoms with Crippen molar-refractivity contribution in [2.24, 2.45) is 11.8 Å². The van der Waals surface area contributed by atoms with Crippen LogP contribution in [0, 0.1) is 11.8 Å². The van der Waals surface area contributed by atoms with Gasteiger partial charge in [0.2, 0.25) is 11.8 Å². The molecule has 150 valence electrons. The lowest BCUT2D eigenvalue weighted by molar-refractivity contribution is -0.142. The zero-order valence-corrected chi connectivity index (χ0v) is 16.4. The zero-order chi connectivity index (χ0) is 20.4. The van der Waals surface area contributed by atoms with Gasteiger partial charge >= 0.3 is 5.97 Å². The molecular formula is C20H30N2O5. The zero-order valence-electron chi connectivity index (χ0n) is 16.4. The fourth-order valence-corrected chi connectivity index (χ4v) is 2.78. The highest BCUT2D eigenvalue weighted by Gasteiger charge is 2.31. The van der Waals surface area contributed by atoms with Crippen LogP contribution in [0.3, 0.4) is 0 Å². The van der Waals surface area contributed by atoms with Crippen LogP contribution in [0.25, 0.3) is 0 Å². The van der Waals surface area contributed by atoms with Crippen LogP contribution in [-0.4, -0.2) is 42.1 Å². The summed E-state index contributed by atoms with van der Waals surface area (Å²) in [5, 5.41) is 14.3. The third-order valence-corrected chi connectivity index (χ3v) is 4.20. The number of carboxylic acid groups (broad SMARTS) is 1. The van der Waals surface area contributed by atoms with Gasteiger partial charge < -0.3 is 20.5 Å². The first-order valence-corrected chi connectivity index (χ1v) is 9.13. The number of carbonyl (C=O) groups is 3. The van der Waals surface area contributed by atoms with Crippen LogP contribution in [0.5, 0.6) is 0 Å². The first-order valence-electron chi connectivity index (χ1n) is 9.13. The number of hydrogen-bond donors (Lipinski definition) is 3. The first-order chi connectivity index (χ1) is 12.7. The third kappa shape index (κ3) is 8.21. The van der Waals surface area contributed by atoms with E-state index in [9.17, 15) is 14.4 Å². The molecule has 1 unspecified atom stereocenters. The number of aliphatic carboxylic acids is 1. The maximum absolute atomic E-state index is 12.6. The Kier molecular flexibility index (Phi) is 9.50. The summed E-state index contributed by atoms with van der Waals surface area (Å²) in [6.45, 7) is 5.85. The summed E-state index contributed by atoms with van der Waals surface area (Å²) in [5.74, 6) is -2.42. The molecule has 0 aliphatic heterocycles. The van der Waals surface area contributed by atoms with Gasteiger partial charge in [0.05, 0.1) is 19.1 Å². The molecule has 1 aromatic carbocycles. The molecule has 27 heavy (non-hydrogen) atoms. The molecule has 7 heteroatoms. The van der Waals surface area contributed by atoms with E-state index in [1.807, 2.05) is 44.2 Å². The van der Waals surface area contributed by atoms with Crippen LogP contribution in [0.15, 0.2) is 30.3 Å². The summed E-state index contributed by atoms with van der Waals surface area (Å²) >= 11 is 0. The number of rotatable bonds is 11. The molecule has 3 atom stereocenters. The van der Waals surface area contributed by atoms with Crippen molar-refractivity contribution < 1.29 is 24.2 Å². The van der Waals surface area contributed by atoms with Crippen LogP contribution in [-0.2, 0) is 25.7 Å². The summed E-state index contributed by atoms with van der Waals surface area (Å²) in [4.78, 5) is 35.9. The first kappa shape index (κ1) is 22.6. The van der Waals surface area contributed by atoms with E-state index in [1.54, 1.807) is 6.92 Å². The number of carboxylic acids is 1. The van der Waals surface area contributed by atoms with Crippen LogP contribution < -0.4 is 10.6 Å². The predicted molar refractivity (Wildman–Crippen MR) is 102 cm³/mol. The SMILES string of the molecule is CNC(=O)[C@@H](NC(=O)C(CC(=O)O)CC(C)C)[C@@H](C)OCc1ccccc1. The molecule has 1 aromatic rings. The van der Waals surface area contributed by atoms with E-state index in [1.165, 1.54) is 7.05 Å². The standard InChI is InChI=1S/C20H30N2O5/c1-13(2)10-16(11-17(23)24)19(25)22-18(20(26)21-4)14(3)27-12-15-8-6-5-7-9-15/h5-9,13-14,16,18H,10-12H2,1-4H3,(H,21,26)(H,22,25)(H,23,24)/t14-,16?,18+/m1/s1. The Labute approximate surface area is 160 Å². The lowest BCUT2D eigenvalue weighted by Gasteiger charge is -2.26. The minimum absolute atomic E-state index is 0.158. The second-order valence-corrected chi connectivity index (χ2v) is 7.03. The van der Waals surface area contributed by atoms with Crippen molar-refractivity contribution in [3.8, 4) is 0 Å². The molecule has 0 saturated heterocycles. The van der Waals surface area contributed by atoms with Crippen molar-refractivity contribution >= 4 is 17.8 Å². The molecule has 0 spiro atoms. The maximum atomic E-state index is 12.6. The number of ether oxygens (including phenoxy) is 1. The Morgan fingerprint density at radius 3 is 2.22 bits per heavy atom. The Morgan fingerprint density at radius 1 is 1.07 bits per heavy atom. The van der Waals surface area contributed by atoms with Gasteiger partial charge in [-0.3, -0.25) is 14.4 Å². The van der Waals surface area contributed by atoms with Crippen molar-refractivity contribution in [3.63, 3.8) is 0 Å². The third-order valence-electron chi connectivity index (χ3n) is 4.20. The van der Waals surface area contributed by atoms with Crippen molar-refractivity contribution in [1.82, 2.24) is 10.6 Å². The van der Waals surface area contributed by atoms with Crippen molar-refractivity contribution in [2.45, 2.75) is 52.4 Å². The van der Waals surface area contributed by atoms with Crippen LogP contribution in [0.1, 0.15) is 39.2 Å². The lowest BCUT2D eigenvalue weighted by Crippen LogP contribution is -2.54.